The number of hydrogen-bond acceptors (Lipinski definition) is 4. The van der Waals surface area contributed by atoms with Crippen molar-refractivity contribution in [3.8, 4) is 0 Å². The molecule has 0 heterocycles. The van der Waals surface area contributed by atoms with Gasteiger partial charge >= 0.3 is 5.97 Å². The number of nitrogens with zero attached hydrogens (tertiary/aromatic N) is 1. The maximum Gasteiger partial charge on any atom is 0.325 e. The number of halogens is 2. The summed E-state index contributed by atoms with van der Waals surface area (Å²) in [7, 11) is 0. The maximum absolute atomic E-state index is 13.3. The highest BCUT2D eigenvalue weighted by Crippen LogP contribution is 2.24. The fraction of sp³-hybridized carbons (Fsp3) is 0.385. The van der Waals surface area contributed by atoms with Crippen LogP contribution in [0.5, 0.6) is 0 Å². The molecule has 0 aliphatic carbocycles. The number of carbonyl (C=O) groups excluding carboxylic acids is 2. The number of esters is 1. The van der Waals surface area contributed by atoms with Crippen molar-refractivity contribution in [1.82, 2.24) is 4.90 Å². The Balaban J connectivity index is 2.97. The first-order chi connectivity index (χ1) is 9.40. The van der Waals surface area contributed by atoms with Crippen LogP contribution in [-0.2, 0) is 9.53 Å². The number of anilines is 1. The number of rotatable bonds is 5. The summed E-state index contributed by atoms with van der Waals surface area (Å²) in [6, 6.07) is 2.37. The summed E-state index contributed by atoms with van der Waals surface area (Å²) in [6.45, 7) is 3.83. The molecule has 0 spiro atoms. The molecule has 2 N–H and O–H groups in total. The van der Waals surface area contributed by atoms with E-state index in [-0.39, 0.29) is 28.9 Å². The van der Waals surface area contributed by atoms with Gasteiger partial charge in [-0.3, -0.25) is 9.59 Å². The molecule has 0 aliphatic heterocycles. The largest absolute Gasteiger partial charge is 0.465 e. The minimum atomic E-state index is -0.609. The van der Waals surface area contributed by atoms with Crippen LogP contribution >= 0.6 is 15.9 Å². The standard InChI is InChI=1S/C13H16BrFN2O3/c1-3-17(7-12(18)20-4-2)13(19)8-5-11(16)10(15)6-9(8)14/h5-6H,3-4,7,16H2,1-2H3. The van der Waals surface area contributed by atoms with E-state index in [4.69, 9.17) is 10.5 Å². The van der Waals surface area contributed by atoms with Gasteiger partial charge < -0.3 is 15.4 Å². The lowest BCUT2D eigenvalue weighted by Gasteiger charge is -2.20. The minimum Gasteiger partial charge on any atom is -0.465 e. The zero-order valence-corrected chi connectivity index (χ0v) is 12.9. The number of benzene rings is 1. The highest BCUT2D eigenvalue weighted by Gasteiger charge is 2.21. The first-order valence-corrected chi connectivity index (χ1v) is 6.89. The number of likely N-dealkylation sites (N-methyl/N-ethyl adjacent to an activating group) is 1. The average Bonchev–Trinajstić information content (AvgIpc) is 2.39. The normalized spacial score (nSPS) is 10.2. The SMILES string of the molecule is CCOC(=O)CN(CC)C(=O)c1cc(N)c(F)cc1Br. The third kappa shape index (κ3) is 3.93. The fourth-order valence-corrected chi connectivity index (χ4v) is 2.07. The van der Waals surface area contributed by atoms with Gasteiger partial charge in [0.05, 0.1) is 17.9 Å². The van der Waals surface area contributed by atoms with Gasteiger partial charge in [-0.2, -0.15) is 0 Å². The van der Waals surface area contributed by atoms with Crippen LogP contribution in [0, 0.1) is 5.82 Å². The quantitative estimate of drug-likeness (QED) is 0.655. The summed E-state index contributed by atoms with van der Waals surface area (Å²) in [5.41, 5.74) is 5.54. The molecule has 1 aromatic rings. The van der Waals surface area contributed by atoms with Crippen molar-refractivity contribution in [2.24, 2.45) is 0 Å². The molecule has 110 valence electrons. The van der Waals surface area contributed by atoms with Crippen LogP contribution in [0.2, 0.25) is 0 Å². The van der Waals surface area contributed by atoms with Crippen LogP contribution in [0.4, 0.5) is 10.1 Å². The molecule has 1 aromatic carbocycles. The molecule has 20 heavy (non-hydrogen) atoms. The van der Waals surface area contributed by atoms with Gasteiger partial charge in [-0.15, -0.1) is 0 Å². The zero-order chi connectivity index (χ0) is 15.3. The number of amides is 1. The molecular formula is C13H16BrFN2O3. The lowest BCUT2D eigenvalue weighted by molar-refractivity contribution is -0.143. The topological polar surface area (TPSA) is 72.6 Å². The zero-order valence-electron chi connectivity index (χ0n) is 11.3. The lowest BCUT2D eigenvalue weighted by atomic mass is 10.1. The third-order valence-electron chi connectivity index (χ3n) is 2.61. The van der Waals surface area contributed by atoms with Gasteiger partial charge in [0.2, 0.25) is 0 Å². The summed E-state index contributed by atoms with van der Waals surface area (Å²) in [4.78, 5) is 25.1. The van der Waals surface area contributed by atoms with Crippen LogP contribution in [0.3, 0.4) is 0 Å². The van der Waals surface area contributed by atoms with Crippen molar-refractivity contribution < 1.29 is 18.7 Å². The Morgan fingerprint density at radius 1 is 1.40 bits per heavy atom. The van der Waals surface area contributed by atoms with Crippen molar-refractivity contribution >= 4 is 33.5 Å². The highest BCUT2D eigenvalue weighted by atomic mass is 79.9. The van der Waals surface area contributed by atoms with Crippen molar-refractivity contribution in [3.05, 3.63) is 28.0 Å². The van der Waals surface area contributed by atoms with Gasteiger partial charge in [0.25, 0.3) is 5.91 Å². The van der Waals surface area contributed by atoms with E-state index in [1.807, 2.05) is 0 Å². The van der Waals surface area contributed by atoms with E-state index < -0.39 is 17.7 Å². The molecule has 7 heteroatoms. The first kappa shape index (κ1) is 16.4. The third-order valence-corrected chi connectivity index (χ3v) is 3.27. The second-order valence-electron chi connectivity index (χ2n) is 3.98. The van der Waals surface area contributed by atoms with E-state index in [1.165, 1.54) is 11.0 Å². The summed E-state index contributed by atoms with van der Waals surface area (Å²) in [5, 5.41) is 0. The minimum absolute atomic E-state index is 0.122. The Labute approximate surface area is 125 Å². The van der Waals surface area contributed by atoms with Crippen molar-refractivity contribution in [2.75, 3.05) is 25.4 Å². The molecule has 0 aromatic heterocycles. The predicted octanol–water partition coefficient (Wildman–Crippen LogP) is 2.20. The number of ether oxygens (including phenoxy) is 1. The van der Waals surface area contributed by atoms with E-state index in [0.717, 1.165) is 6.07 Å². The average molecular weight is 347 g/mol. The molecule has 0 aliphatic rings. The van der Waals surface area contributed by atoms with Gasteiger partial charge in [0, 0.05) is 11.0 Å². The van der Waals surface area contributed by atoms with Gasteiger partial charge in [-0.1, -0.05) is 0 Å². The molecular weight excluding hydrogens is 331 g/mol. The van der Waals surface area contributed by atoms with Crippen LogP contribution in [0.25, 0.3) is 0 Å². The van der Waals surface area contributed by atoms with E-state index in [0.29, 0.717) is 6.54 Å². The van der Waals surface area contributed by atoms with E-state index in [9.17, 15) is 14.0 Å². The van der Waals surface area contributed by atoms with Gasteiger partial charge in [0.15, 0.2) is 0 Å². The molecule has 0 saturated carbocycles. The smallest absolute Gasteiger partial charge is 0.325 e. The molecule has 0 saturated heterocycles. The van der Waals surface area contributed by atoms with Crippen molar-refractivity contribution in [1.29, 1.82) is 0 Å². The summed E-state index contributed by atoms with van der Waals surface area (Å²) < 4.78 is 18.4. The van der Waals surface area contributed by atoms with Crippen molar-refractivity contribution in [3.63, 3.8) is 0 Å². The molecule has 0 fully saturated rings. The number of nitrogens with two attached hydrogens (primary N) is 1. The van der Waals surface area contributed by atoms with Crippen LogP contribution in [0.1, 0.15) is 24.2 Å². The molecule has 1 amide bonds. The summed E-state index contributed by atoms with van der Waals surface area (Å²) in [5.74, 6) is -1.52. The van der Waals surface area contributed by atoms with Gasteiger partial charge in [-0.05, 0) is 41.9 Å². The van der Waals surface area contributed by atoms with Crippen LogP contribution in [0.15, 0.2) is 16.6 Å². The summed E-state index contributed by atoms with van der Waals surface area (Å²) in [6.07, 6.45) is 0. The first-order valence-electron chi connectivity index (χ1n) is 6.10. The number of hydrogen-bond donors (Lipinski definition) is 1. The monoisotopic (exact) mass is 346 g/mol. The maximum atomic E-state index is 13.3. The predicted molar refractivity (Wildman–Crippen MR) is 76.7 cm³/mol. The molecule has 0 atom stereocenters. The Bertz CT molecular complexity index is 523. The second-order valence-corrected chi connectivity index (χ2v) is 4.83. The molecule has 0 bridgehead atoms. The Kier molecular flexibility index (Phi) is 5.94. The number of carbonyl (C=O) groups is 2. The summed E-state index contributed by atoms with van der Waals surface area (Å²) >= 11 is 3.12. The number of nitrogen functional groups attached to an aromatic ring is 1. The van der Waals surface area contributed by atoms with E-state index in [1.54, 1.807) is 13.8 Å². The molecule has 1 rings (SSSR count). The lowest BCUT2D eigenvalue weighted by Crippen LogP contribution is -2.36. The molecule has 0 unspecified atom stereocenters. The van der Waals surface area contributed by atoms with E-state index in [2.05, 4.69) is 15.9 Å². The Morgan fingerprint density at radius 2 is 2.05 bits per heavy atom. The van der Waals surface area contributed by atoms with Gasteiger partial charge in [0.1, 0.15) is 12.4 Å². The van der Waals surface area contributed by atoms with E-state index >= 15 is 0 Å². The van der Waals surface area contributed by atoms with Crippen LogP contribution in [-0.4, -0.2) is 36.5 Å². The molecule has 0 radical (unpaired) electrons. The van der Waals surface area contributed by atoms with Crippen molar-refractivity contribution in [2.45, 2.75) is 13.8 Å². The second kappa shape index (κ2) is 7.23. The van der Waals surface area contributed by atoms with Gasteiger partial charge in [-0.25, -0.2) is 4.39 Å². The highest BCUT2D eigenvalue weighted by molar-refractivity contribution is 9.10. The Morgan fingerprint density at radius 3 is 2.60 bits per heavy atom. The fourth-order valence-electron chi connectivity index (χ4n) is 1.59. The molecule has 5 nitrogen and oxygen atoms in total. The van der Waals surface area contributed by atoms with Crippen LogP contribution < -0.4 is 5.73 Å². The Hall–Kier alpha value is -1.63.